The maximum atomic E-state index is 12.7. The molecule has 1 aliphatic heterocycles. The van der Waals surface area contributed by atoms with E-state index < -0.39 is 0 Å². The predicted octanol–water partition coefficient (Wildman–Crippen LogP) is 4.71. The summed E-state index contributed by atoms with van der Waals surface area (Å²) in [6, 6.07) is 14.1. The van der Waals surface area contributed by atoms with Gasteiger partial charge in [0.05, 0.1) is 0 Å². The Bertz CT molecular complexity index is 878. The summed E-state index contributed by atoms with van der Waals surface area (Å²) in [7, 11) is 0. The van der Waals surface area contributed by atoms with Crippen molar-refractivity contribution in [1.82, 2.24) is 10.2 Å². The van der Waals surface area contributed by atoms with Crippen LogP contribution in [0.2, 0.25) is 0 Å². The molecule has 1 saturated heterocycles. The maximum absolute atomic E-state index is 12.7. The van der Waals surface area contributed by atoms with Crippen LogP contribution in [0.3, 0.4) is 0 Å². The Morgan fingerprint density at radius 1 is 1.10 bits per heavy atom. The van der Waals surface area contributed by atoms with E-state index in [0.29, 0.717) is 11.2 Å². The number of rotatable bonds is 4. The Kier molecular flexibility index (Phi) is 6.14. The third kappa shape index (κ3) is 4.11. The van der Waals surface area contributed by atoms with Gasteiger partial charge >= 0.3 is 0 Å². The van der Waals surface area contributed by atoms with E-state index in [4.69, 9.17) is 0 Å². The zero-order chi connectivity index (χ0) is 21.1. The molecule has 1 spiro atoms. The van der Waals surface area contributed by atoms with Crippen LogP contribution in [0.1, 0.15) is 72.5 Å². The molecule has 2 aromatic carbocycles. The summed E-state index contributed by atoms with van der Waals surface area (Å²) in [5.74, 6) is 0.696. The van der Waals surface area contributed by atoms with Crippen LogP contribution >= 0.6 is 0 Å². The monoisotopic (exact) mass is 406 g/mol. The molecule has 1 heterocycles. The predicted molar refractivity (Wildman–Crippen MR) is 121 cm³/mol. The first kappa shape index (κ1) is 20.9. The number of phenols is 1. The number of phenolic OH excluding ortho intramolecular Hbond substituents is 1. The van der Waals surface area contributed by atoms with Crippen LogP contribution in [-0.4, -0.2) is 42.1 Å². The van der Waals surface area contributed by atoms with Crippen molar-refractivity contribution in [3.05, 3.63) is 64.7 Å². The Balaban J connectivity index is 1.68. The molecular formula is C26H34N2O2. The molecule has 2 N–H and O–H groups in total. The number of hydrogen-bond donors (Lipinski definition) is 2. The van der Waals surface area contributed by atoms with Crippen LogP contribution in [0.5, 0.6) is 5.75 Å². The second-order valence-corrected chi connectivity index (χ2v) is 9.02. The van der Waals surface area contributed by atoms with Crippen LogP contribution in [0.25, 0.3) is 0 Å². The normalized spacial score (nSPS) is 23.6. The Hall–Kier alpha value is -2.33. The topological polar surface area (TPSA) is 52.6 Å². The SMILES string of the molecule is CCN(CC)C(=O)c1ccc(C2CC3(CCCNCC3)Cc3ccc(O)cc32)cc1. The summed E-state index contributed by atoms with van der Waals surface area (Å²) < 4.78 is 0. The third-order valence-corrected chi connectivity index (χ3v) is 7.21. The molecule has 2 aromatic rings. The van der Waals surface area contributed by atoms with Gasteiger partial charge in [-0.15, -0.1) is 0 Å². The number of hydrogen-bond acceptors (Lipinski definition) is 3. The molecule has 1 fully saturated rings. The zero-order valence-corrected chi connectivity index (χ0v) is 18.3. The van der Waals surface area contributed by atoms with Crippen molar-refractivity contribution in [3.63, 3.8) is 0 Å². The maximum Gasteiger partial charge on any atom is 0.253 e. The van der Waals surface area contributed by atoms with Gasteiger partial charge in [0.2, 0.25) is 0 Å². The first-order chi connectivity index (χ1) is 14.5. The fourth-order valence-electron chi connectivity index (χ4n) is 5.51. The van der Waals surface area contributed by atoms with E-state index in [0.717, 1.165) is 44.6 Å². The summed E-state index contributed by atoms with van der Waals surface area (Å²) in [6.07, 6.45) is 5.86. The number of nitrogens with one attached hydrogen (secondary N) is 1. The van der Waals surface area contributed by atoms with Gasteiger partial charge in [0.25, 0.3) is 5.91 Å². The number of carbonyl (C=O) groups is 1. The van der Waals surface area contributed by atoms with Crippen LogP contribution in [0.15, 0.2) is 42.5 Å². The number of carbonyl (C=O) groups excluding carboxylic acids is 1. The van der Waals surface area contributed by atoms with Gasteiger partial charge < -0.3 is 15.3 Å². The standard InChI is InChI=1S/C26H34N2O2/c1-3-28(4-2)25(30)20-8-6-19(7-9-20)24-18-26(12-5-14-27-15-13-26)17-21-10-11-22(29)16-23(21)24/h6-11,16,24,27,29H,3-5,12-15,17-18H2,1-2H3. The molecular weight excluding hydrogens is 372 g/mol. The molecule has 4 nitrogen and oxygen atoms in total. The molecule has 30 heavy (non-hydrogen) atoms. The van der Waals surface area contributed by atoms with Crippen LogP contribution in [-0.2, 0) is 6.42 Å². The molecule has 0 bridgehead atoms. The summed E-state index contributed by atoms with van der Waals surface area (Å²) >= 11 is 0. The molecule has 4 heteroatoms. The number of fused-ring (bicyclic) bond motifs is 1. The summed E-state index contributed by atoms with van der Waals surface area (Å²) in [4.78, 5) is 14.6. The van der Waals surface area contributed by atoms with E-state index in [1.165, 1.54) is 36.0 Å². The lowest BCUT2D eigenvalue weighted by Crippen LogP contribution is -2.33. The van der Waals surface area contributed by atoms with Gasteiger partial charge in [-0.1, -0.05) is 18.2 Å². The highest BCUT2D eigenvalue weighted by Crippen LogP contribution is 2.50. The second-order valence-electron chi connectivity index (χ2n) is 9.02. The first-order valence-electron chi connectivity index (χ1n) is 11.5. The molecule has 1 amide bonds. The summed E-state index contributed by atoms with van der Waals surface area (Å²) in [5.41, 5.74) is 4.93. The average molecular weight is 407 g/mol. The number of aromatic hydroxyl groups is 1. The number of amides is 1. The largest absolute Gasteiger partial charge is 0.508 e. The average Bonchev–Trinajstić information content (AvgIpc) is 3.00. The molecule has 0 radical (unpaired) electrons. The summed E-state index contributed by atoms with van der Waals surface area (Å²) in [6.45, 7) is 7.67. The summed E-state index contributed by atoms with van der Waals surface area (Å²) in [5, 5.41) is 13.7. The lowest BCUT2D eigenvalue weighted by atomic mass is 9.62. The molecule has 160 valence electrons. The molecule has 4 rings (SSSR count). The number of benzene rings is 2. The fraction of sp³-hybridized carbons (Fsp3) is 0.500. The van der Waals surface area contributed by atoms with Crippen LogP contribution in [0, 0.1) is 5.41 Å². The fourth-order valence-corrected chi connectivity index (χ4v) is 5.51. The highest BCUT2D eigenvalue weighted by atomic mass is 16.3. The first-order valence-corrected chi connectivity index (χ1v) is 11.5. The van der Waals surface area contributed by atoms with Gasteiger partial charge in [-0.2, -0.15) is 0 Å². The molecule has 1 aliphatic carbocycles. The van der Waals surface area contributed by atoms with Gasteiger partial charge in [-0.25, -0.2) is 0 Å². The molecule has 2 unspecified atom stereocenters. The van der Waals surface area contributed by atoms with E-state index in [1.807, 2.05) is 43.0 Å². The molecule has 2 atom stereocenters. The third-order valence-electron chi connectivity index (χ3n) is 7.21. The van der Waals surface area contributed by atoms with Gasteiger partial charge in [-0.05, 0) is 105 Å². The van der Waals surface area contributed by atoms with E-state index in [1.54, 1.807) is 0 Å². The lowest BCUT2D eigenvalue weighted by molar-refractivity contribution is 0.0773. The van der Waals surface area contributed by atoms with Gasteiger partial charge in [0, 0.05) is 24.6 Å². The van der Waals surface area contributed by atoms with Gasteiger partial charge in [0.1, 0.15) is 5.75 Å². The minimum Gasteiger partial charge on any atom is -0.508 e. The van der Waals surface area contributed by atoms with Crippen molar-refractivity contribution >= 4 is 5.91 Å². The van der Waals surface area contributed by atoms with Crippen molar-refractivity contribution in [1.29, 1.82) is 0 Å². The minimum atomic E-state index is 0.0968. The van der Waals surface area contributed by atoms with Crippen molar-refractivity contribution < 1.29 is 9.90 Å². The van der Waals surface area contributed by atoms with E-state index in [9.17, 15) is 9.90 Å². The molecule has 0 saturated carbocycles. The second kappa shape index (κ2) is 8.81. The zero-order valence-electron chi connectivity index (χ0n) is 18.3. The van der Waals surface area contributed by atoms with Crippen molar-refractivity contribution in [2.45, 2.75) is 51.9 Å². The molecule has 2 aliphatic rings. The van der Waals surface area contributed by atoms with Gasteiger partial charge in [0.15, 0.2) is 0 Å². The van der Waals surface area contributed by atoms with Crippen molar-refractivity contribution in [3.8, 4) is 5.75 Å². The van der Waals surface area contributed by atoms with E-state index >= 15 is 0 Å². The lowest BCUT2D eigenvalue weighted by Gasteiger charge is -2.42. The smallest absolute Gasteiger partial charge is 0.253 e. The van der Waals surface area contributed by atoms with Crippen LogP contribution < -0.4 is 5.32 Å². The van der Waals surface area contributed by atoms with Crippen molar-refractivity contribution in [2.75, 3.05) is 26.2 Å². The van der Waals surface area contributed by atoms with E-state index in [2.05, 4.69) is 23.5 Å². The Labute approximate surface area is 180 Å². The Morgan fingerprint density at radius 3 is 2.60 bits per heavy atom. The molecule has 0 aromatic heterocycles. The van der Waals surface area contributed by atoms with Crippen molar-refractivity contribution in [2.24, 2.45) is 5.41 Å². The highest BCUT2D eigenvalue weighted by molar-refractivity contribution is 5.94. The van der Waals surface area contributed by atoms with Gasteiger partial charge in [-0.3, -0.25) is 4.79 Å². The Morgan fingerprint density at radius 2 is 1.87 bits per heavy atom. The van der Waals surface area contributed by atoms with Crippen LogP contribution in [0.4, 0.5) is 0 Å². The minimum absolute atomic E-state index is 0.0968. The highest BCUT2D eigenvalue weighted by Gasteiger charge is 2.39. The quantitative estimate of drug-likeness (QED) is 0.773. The number of nitrogens with zero attached hydrogens (tertiary/aromatic N) is 1. The van der Waals surface area contributed by atoms with E-state index in [-0.39, 0.29) is 11.8 Å².